The van der Waals surface area contributed by atoms with Gasteiger partial charge in [-0.25, -0.2) is 5.43 Å². The number of rotatable bonds is 3. The van der Waals surface area contributed by atoms with E-state index in [9.17, 15) is 20.1 Å². The number of carbonyl (C=O) groups is 1. The number of hydrazone groups is 1. The summed E-state index contributed by atoms with van der Waals surface area (Å²) in [5, 5.41) is 33.8. The van der Waals surface area contributed by atoms with Gasteiger partial charge in [-0.2, -0.15) is 5.10 Å². The van der Waals surface area contributed by atoms with E-state index in [0.717, 1.165) is 0 Å². The third kappa shape index (κ3) is 4.82. The van der Waals surface area contributed by atoms with Gasteiger partial charge in [0.25, 0.3) is 5.91 Å². The van der Waals surface area contributed by atoms with Crippen LogP contribution in [0.3, 0.4) is 0 Å². The fourth-order valence-electron chi connectivity index (χ4n) is 2.78. The van der Waals surface area contributed by atoms with Crippen molar-refractivity contribution in [1.29, 1.82) is 0 Å². The van der Waals surface area contributed by atoms with Crippen LogP contribution in [-0.4, -0.2) is 27.4 Å². The van der Waals surface area contributed by atoms with Crippen molar-refractivity contribution in [3.8, 4) is 17.2 Å². The van der Waals surface area contributed by atoms with Crippen molar-refractivity contribution in [1.82, 2.24) is 5.43 Å². The summed E-state index contributed by atoms with van der Waals surface area (Å²) < 4.78 is 0. The van der Waals surface area contributed by atoms with Crippen LogP contribution >= 0.6 is 0 Å². The topological polar surface area (TPSA) is 102 Å². The standard InChI is InChI=1S/C22H28N2O4/c1-21(2,3)16-10-13(11-17(19(16)27)22(4,5)6)20(28)24-23-12-14-9-15(25)7-8-18(14)26/h7-12,25-27H,1-6H3,(H,24,28). The van der Waals surface area contributed by atoms with Crippen LogP contribution in [-0.2, 0) is 10.8 Å². The van der Waals surface area contributed by atoms with E-state index in [1.807, 2.05) is 41.5 Å². The molecule has 150 valence electrons. The molecule has 0 radical (unpaired) electrons. The Morgan fingerprint density at radius 1 is 0.929 bits per heavy atom. The van der Waals surface area contributed by atoms with E-state index in [2.05, 4.69) is 10.5 Å². The Labute approximate surface area is 165 Å². The van der Waals surface area contributed by atoms with Crippen LogP contribution in [0.4, 0.5) is 0 Å². The molecule has 0 saturated heterocycles. The normalized spacial score (nSPS) is 12.4. The SMILES string of the molecule is CC(C)(C)c1cc(C(=O)NN=Cc2cc(O)ccc2O)cc(C(C)(C)C)c1O. The number of amides is 1. The first kappa shape index (κ1) is 21.3. The number of benzene rings is 2. The van der Waals surface area contributed by atoms with Crippen LogP contribution in [0.1, 0.15) is 68.6 Å². The van der Waals surface area contributed by atoms with Crippen LogP contribution < -0.4 is 5.43 Å². The zero-order chi connectivity index (χ0) is 21.3. The van der Waals surface area contributed by atoms with E-state index in [1.54, 1.807) is 12.1 Å². The summed E-state index contributed by atoms with van der Waals surface area (Å²) in [6, 6.07) is 7.36. The number of nitrogens with one attached hydrogen (secondary N) is 1. The van der Waals surface area contributed by atoms with Gasteiger partial charge in [0, 0.05) is 22.3 Å². The van der Waals surface area contributed by atoms with E-state index in [0.29, 0.717) is 16.7 Å². The highest BCUT2D eigenvalue weighted by Crippen LogP contribution is 2.39. The molecule has 4 N–H and O–H groups in total. The van der Waals surface area contributed by atoms with Crippen molar-refractivity contribution < 1.29 is 20.1 Å². The molecule has 1 amide bonds. The second kappa shape index (κ2) is 7.54. The Kier molecular flexibility index (Phi) is 5.73. The highest BCUT2D eigenvalue weighted by Gasteiger charge is 2.27. The summed E-state index contributed by atoms with van der Waals surface area (Å²) in [5.74, 6) is -0.323. The lowest BCUT2D eigenvalue weighted by Crippen LogP contribution is -2.22. The number of hydrogen-bond donors (Lipinski definition) is 4. The molecule has 0 aliphatic carbocycles. The van der Waals surface area contributed by atoms with Crippen molar-refractivity contribution in [2.75, 3.05) is 0 Å². The maximum absolute atomic E-state index is 12.6. The summed E-state index contributed by atoms with van der Waals surface area (Å²) in [6.45, 7) is 11.8. The predicted molar refractivity (Wildman–Crippen MR) is 110 cm³/mol. The first-order valence-corrected chi connectivity index (χ1v) is 9.04. The molecule has 6 heteroatoms. The summed E-state index contributed by atoms with van der Waals surface area (Å²) in [7, 11) is 0. The Morgan fingerprint density at radius 2 is 1.46 bits per heavy atom. The zero-order valence-electron chi connectivity index (χ0n) is 17.2. The highest BCUT2D eigenvalue weighted by molar-refractivity contribution is 5.96. The average Bonchev–Trinajstić information content (AvgIpc) is 2.55. The first-order valence-electron chi connectivity index (χ1n) is 9.04. The summed E-state index contributed by atoms with van der Waals surface area (Å²) in [5.41, 5.74) is 3.74. The van der Waals surface area contributed by atoms with Crippen molar-refractivity contribution >= 4 is 12.1 Å². The van der Waals surface area contributed by atoms with Crippen LogP contribution in [0.2, 0.25) is 0 Å². The Morgan fingerprint density at radius 3 is 1.96 bits per heavy atom. The van der Waals surface area contributed by atoms with E-state index in [4.69, 9.17) is 0 Å². The number of carbonyl (C=O) groups excluding carboxylic acids is 1. The monoisotopic (exact) mass is 384 g/mol. The molecule has 0 fully saturated rings. The van der Waals surface area contributed by atoms with Crippen molar-refractivity contribution in [2.45, 2.75) is 52.4 Å². The minimum atomic E-state index is -0.438. The zero-order valence-corrected chi connectivity index (χ0v) is 17.2. The van der Waals surface area contributed by atoms with E-state index < -0.39 is 5.91 Å². The molecule has 2 rings (SSSR count). The van der Waals surface area contributed by atoms with Crippen LogP contribution in [0.5, 0.6) is 17.2 Å². The lowest BCUT2D eigenvalue weighted by Gasteiger charge is -2.28. The average molecular weight is 384 g/mol. The molecule has 0 bridgehead atoms. The van der Waals surface area contributed by atoms with E-state index in [1.165, 1.54) is 24.4 Å². The second-order valence-electron chi connectivity index (χ2n) is 8.86. The van der Waals surface area contributed by atoms with Gasteiger partial charge in [0.2, 0.25) is 0 Å². The molecule has 6 nitrogen and oxygen atoms in total. The first-order chi connectivity index (χ1) is 12.8. The van der Waals surface area contributed by atoms with Gasteiger partial charge in [0.15, 0.2) is 0 Å². The Balaban J connectivity index is 2.37. The molecule has 0 aromatic heterocycles. The van der Waals surface area contributed by atoms with E-state index in [-0.39, 0.29) is 33.6 Å². The minimum absolute atomic E-state index is 0.0197. The minimum Gasteiger partial charge on any atom is -0.508 e. The van der Waals surface area contributed by atoms with Gasteiger partial charge in [-0.05, 0) is 41.2 Å². The fourth-order valence-corrected chi connectivity index (χ4v) is 2.78. The number of hydrogen-bond acceptors (Lipinski definition) is 5. The van der Waals surface area contributed by atoms with Crippen LogP contribution in [0.25, 0.3) is 0 Å². The van der Waals surface area contributed by atoms with Gasteiger partial charge in [0.05, 0.1) is 6.21 Å². The molecule has 28 heavy (non-hydrogen) atoms. The molecule has 2 aromatic rings. The molecule has 0 saturated carbocycles. The van der Waals surface area contributed by atoms with Gasteiger partial charge < -0.3 is 15.3 Å². The second-order valence-corrected chi connectivity index (χ2v) is 8.86. The van der Waals surface area contributed by atoms with Gasteiger partial charge in [-0.15, -0.1) is 0 Å². The van der Waals surface area contributed by atoms with Crippen LogP contribution in [0, 0.1) is 0 Å². The molecular weight excluding hydrogens is 356 g/mol. The highest BCUT2D eigenvalue weighted by atomic mass is 16.3. The molecule has 0 atom stereocenters. The molecule has 0 unspecified atom stereocenters. The quantitative estimate of drug-likeness (QED) is 0.362. The lowest BCUT2D eigenvalue weighted by molar-refractivity contribution is 0.0955. The van der Waals surface area contributed by atoms with Crippen molar-refractivity contribution in [2.24, 2.45) is 5.10 Å². The molecule has 0 aliphatic heterocycles. The van der Waals surface area contributed by atoms with Crippen molar-refractivity contribution in [3.63, 3.8) is 0 Å². The smallest absolute Gasteiger partial charge is 0.271 e. The number of aromatic hydroxyl groups is 3. The van der Waals surface area contributed by atoms with Gasteiger partial charge in [-0.1, -0.05) is 41.5 Å². The number of nitrogens with zero attached hydrogens (tertiary/aromatic N) is 1. The van der Waals surface area contributed by atoms with E-state index >= 15 is 0 Å². The Hall–Kier alpha value is -3.02. The number of phenolic OH excluding ortho intramolecular Hbond substituents is 3. The lowest BCUT2D eigenvalue weighted by atomic mass is 9.78. The fraction of sp³-hybridized carbons (Fsp3) is 0.364. The molecule has 0 aliphatic rings. The third-order valence-corrected chi connectivity index (χ3v) is 4.37. The van der Waals surface area contributed by atoms with Gasteiger partial charge in [-0.3, -0.25) is 4.79 Å². The third-order valence-electron chi connectivity index (χ3n) is 4.37. The number of phenols is 3. The molecule has 2 aromatic carbocycles. The maximum Gasteiger partial charge on any atom is 0.271 e. The summed E-state index contributed by atoms with van der Waals surface area (Å²) in [4.78, 5) is 12.6. The molecular formula is C22H28N2O4. The Bertz CT molecular complexity index is 884. The summed E-state index contributed by atoms with van der Waals surface area (Å²) in [6.07, 6.45) is 1.25. The molecule has 0 heterocycles. The van der Waals surface area contributed by atoms with Gasteiger partial charge >= 0.3 is 0 Å². The maximum atomic E-state index is 12.6. The largest absolute Gasteiger partial charge is 0.508 e. The summed E-state index contributed by atoms with van der Waals surface area (Å²) >= 11 is 0. The predicted octanol–water partition coefficient (Wildman–Crippen LogP) is 4.16. The van der Waals surface area contributed by atoms with Crippen molar-refractivity contribution in [3.05, 3.63) is 52.6 Å². The molecule has 0 spiro atoms. The van der Waals surface area contributed by atoms with Gasteiger partial charge in [0.1, 0.15) is 17.2 Å². The van der Waals surface area contributed by atoms with Crippen LogP contribution in [0.15, 0.2) is 35.4 Å².